The van der Waals surface area contributed by atoms with Crippen molar-refractivity contribution in [2.45, 2.75) is 44.6 Å². The molecule has 0 atom stereocenters. The van der Waals surface area contributed by atoms with E-state index >= 15 is 0 Å². The Morgan fingerprint density at radius 2 is 1.75 bits per heavy atom. The molecular weight excluding hydrogens is 326 g/mol. The molecule has 1 aromatic rings. The summed E-state index contributed by atoms with van der Waals surface area (Å²) in [5.41, 5.74) is 2.12. The van der Waals surface area contributed by atoms with Gasteiger partial charge in [0.2, 0.25) is 16.0 Å². The first-order chi connectivity index (χ1) is 11.5. The molecule has 7 nitrogen and oxygen atoms in total. The number of nitrogens with zero attached hydrogens (tertiary/aromatic N) is 4. The molecule has 1 aliphatic carbocycles. The third kappa shape index (κ3) is 3.35. The van der Waals surface area contributed by atoms with E-state index in [4.69, 9.17) is 9.97 Å². The van der Waals surface area contributed by atoms with Crippen LogP contribution in [0.5, 0.6) is 0 Å². The first-order valence-electron chi connectivity index (χ1n) is 8.87. The van der Waals surface area contributed by atoms with Gasteiger partial charge < -0.3 is 10.2 Å². The average Bonchev–Trinajstić information content (AvgIpc) is 3.22. The van der Waals surface area contributed by atoms with E-state index in [2.05, 4.69) is 10.2 Å². The molecule has 0 spiro atoms. The van der Waals surface area contributed by atoms with Crippen LogP contribution in [-0.4, -0.2) is 61.2 Å². The summed E-state index contributed by atoms with van der Waals surface area (Å²) < 4.78 is 25.4. The second kappa shape index (κ2) is 6.15. The van der Waals surface area contributed by atoms with E-state index in [1.807, 2.05) is 0 Å². The summed E-state index contributed by atoms with van der Waals surface area (Å²) in [6, 6.07) is 0.518. The van der Waals surface area contributed by atoms with Crippen molar-refractivity contribution < 1.29 is 8.42 Å². The highest BCUT2D eigenvalue weighted by molar-refractivity contribution is 7.88. The Labute approximate surface area is 143 Å². The Morgan fingerprint density at radius 3 is 2.42 bits per heavy atom. The van der Waals surface area contributed by atoms with Crippen LogP contribution in [-0.2, 0) is 22.9 Å². The van der Waals surface area contributed by atoms with E-state index in [1.165, 1.54) is 31.9 Å². The summed E-state index contributed by atoms with van der Waals surface area (Å²) in [6.45, 7) is 3.04. The molecule has 1 aromatic heterocycles. The fourth-order valence-corrected chi connectivity index (χ4v) is 4.34. The molecule has 0 aromatic carbocycles. The van der Waals surface area contributed by atoms with E-state index in [-0.39, 0.29) is 0 Å². The zero-order valence-corrected chi connectivity index (χ0v) is 15.0. The molecular formula is C16H25N5O2S. The van der Waals surface area contributed by atoms with E-state index in [0.717, 1.165) is 36.1 Å². The minimum atomic E-state index is -3.16. The molecule has 3 aliphatic rings. The molecule has 8 heteroatoms. The first-order valence-corrected chi connectivity index (χ1v) is 10.7. The number of sulfonamides is 1. The smallest absolute Gasteiger partial charge is 0.227 e. The molecule has 1 saturated carbocycles. The maximum atomic E-state index is 11.9. The Hall–Kier alpha value is -1.41. The molecule has 2 aliphatic heterocycles. The zero-order valence-electron chi connectivity index (χ0n) is 14.2. The number of hydrogen-bond donors (Lipinski definition) is 1. The van der Waals surface area contributed by atoms with Crippen molar-refractivity contribution in [3.8, 4) is 0 Å². The van der Waals surface area contributed by atoms with Gasteiger partial charge in [0, 0.05) is 44.2 Å². The van der Waals surface area contributed by atoms with Gasteiger partial charge in [-0.25, -0.2) is 17.7 Å². The number of anilines is 2. The van der Waals surface area contributed by atoms with Crippen molar-refractivity contribution in [2.75, 3.05) is 42.7 Å². The number of fused-ring (bicyclic) bond motifs is 1. The van der Waals surface area contributed by atoms with Crippen LogP contribution in [0, 0.1) is 0 Å². The Kier molecular flexibility index (Phi) is 4.12. The van der Waals surface area contributed by atoms with Crippen LogP contribution in [0.3, 0.4) is 0 Å². The van der Waals surface area contributed by atoms with Crippen molar-refractivity contribution in [1.29, 1.82) is 0 Å². The molecule has 0 unspecified atom stereocenters. The SMILES string of the molecule is CS(=O)(=O)N1CCc2nc(N3CCCC3)nc(NC3CC3)c2CC1. The van der Waals surface area contributed by atoms with Gasteiger partial charge in [-0.15, -0.1) is 0 Å². The fraction of sp³-hybridized carbons (Fsp3) is 0.750. The van der Waals surface area contributed by atoms with Crippen molar-refractivity contribution in [1.82, 2.24) is 14.3 Å². The summed E-state index contributed by atoms with van der Waals surface area (Å²) in [4.78, 5) is 11.9. The Morgan fingerprint density at radius 1 is 1.04 bits per heavy atom. The molecule has 1 saturated heterocycles. The molecule has 0 bridgehead atoms. The highest BCUT2D eigenvalue weighted by atomic mass is 32.2. The summed E-state index contributed by atoms with van der Waals surface area (Å²) in [6.07, 6.45) is 7.37. The normalized spacial score (nSPS) is 22.3. The molecule has 3 heterocycles. The largest absolute Gasteiger partial charge is 0.367 e. The van der Waals surface area contributed by atoms with Gasteiger partial charge in [-0.2, -0.15) is 4.98 Å². The Bertz CT molecular complexity index is 726. The van der Waals surface area contributed by atoms with Gasteiger partial charge in [0.15, 0.2) is 0 Å². The van der Waals surface area contributed by atoms with Crippen LogP contribution >= 0.6 is 0 Å². The molecule has 1 N–H and O–H groups in total. The van der Waals surface area contributed by atoms with Gasteiger partial charge in [0.25, 0.3) is 0 Å². The Balaban J connectivity index is 1.67. The van der Waals surface area contributed by atoms with Crippen molar-refractivity contribution >= 4 is 21.8 Å². The average molecular weight is 351 g/mol. The maximum absolute atomic E-state index is 11.9. The third-order valence-electron chi connectivity index (χ3n) is 5.07. The summed E-state index contributed by atoms with van der Waals surface area (Å²) in [7, 11) is -3.16. The molecule has 132 valence electrons. The number of hydrogen-bond acceptors (Lipinski definition) is 6. The van der Waals surface area contributed by atoms with E-state index in [0.29, 0.717) is 32.0 Å². The second-order valence-corrected chi connectivity index (χ2v) is 9.05. The molecule has 2 fully saturated rings. The maximum Gasteiger partial charge on any atom is 0.227 e. The lowest BCUT2D eigenvalue weighted by Crippen LogP contribution is -2.32. The standard InChI is InChI=1S/C16H25N5O2S/c1-24(22,23)21-10-6-13-14(7-11-21)18-16(20-8-2-3-9-20)19-15(13)17-12-4-5-12/h12H,2-11H2,1H3,(H,17,18,19). The number of rotatable bonds is 4. The van der Waals surface area contributed by atoms with Gasteiger partial charge in [-0.3, -0.25) is 0 Å². The minimum absolute atomic E-state index is 0.505. The van der Waals surface area contributed by atoms with Crippen LogP contribution in [0.15, 0.2) is 0 Å². The van der Waals surface area contributed by atoms with Crippen LogP contribution in [0.4, 0.5) is 11.8 Å². The van der Waals surface area contributed by atoms with Gasteiger partial charge in [0.1, 0.15) is 5.82 Å². The van der Waals surface area contributed by atoms with Crippen LogP contribution < -0.4 is 10.2 Å². The third-order valence-corrected chi connectivity index (χ3v) is 6.37. The van der Waals surface area contributed by atoms with E-state index in [1.54, 1.807) is 4.31 Å². The highest BCUT2D eigenvalue weighted by Gasteiger charge is 2.29. The molecule has 4 rings (SSSR count). The zero-order chi connectivity index (χ0) is 16.7. The summed E-state index contributed by atoms with van der Waals surface area (Å²) in [5, 5.41) is 3.54. The predicted molar refractivity (Wildman–Crippen MR) is 93.9 cm³/mol. The topological polar surface area (TPSA) is 78.4 Å². The highest BCUT2D eigenvalue weighted by Crippen LogP contribution is 2.30. The van der Waals surface area contributed by atoms with Crippen molar-refractivity contribution in [2.24, 2.45) is 0 Å². The fourth-order valence-electron chi connectivity index (χ4n) is 3.50. The number of aromatic nitrogens is 2. The predicted octanol–water partition coefficient (Wildman–Crippen LogP) is 1.01. The van der Waals surface area contributed by atoms with Crippen molar-refractivity contribution in [3.05, 3.63) is 11.3 Å². The summed E-state index contributed by atoms with van der Waals surface area (Å²) >= 11 is 0. The van der Waals surface area contributed by atoms with Gasteiger partial charge in [0.05, 0.1) is 11.9 Å². The lowest BCUT2D eigenvalue weighted by molar-refractivity contribution is 0.430. The van der Waals surface area contributed by atoms with Crippen LogP contribution in [0.2, 0.25) is 0 Å². The summed E-state index contributed by atoms with van der Waals surface area (Å²) in [5.74, 6) is 1.74. The van der Waals surface area contributed by atoms with Gasteiger partial charge >= 0.3 is 0 Å². The van der Waals surface area contributed by atoms with Crippen LogP contribution in [0.1, 0.15) is 36.9 Å². The van der Waals surface area contributed by atoms with Crippen molar-refractivity contribution in [3.63, 3.8) is 0 Å². The molecule has 0 amide bonds. The lowest BCUT2D eigenvalue weighted by atomic mass is 10.1. The van der Waals surface area contributed by atoms with Gasteiger partial charge in [-0.1, -0.05) is 0 Å². The van der Waals surface area contributed by atoms with Crippen LogP contribution in [0.25, 0.3) is 0 Å². The molecule has 0 radical (unpaired) electrons. The molecule has 24 heavy (non-hydrogen) atoms. The number of nitrogens with one attached hydrogen (secondary N) is 1. The second-order valence-electron chi connectivity index (χ2n) is 7.07. The van der Waals surface area contributed by atoms with E-state index in [9.17, 15) is 8.42 Å². The lowest BCUT2D eigenvalue weighted by Gasteiger charge is -2.20. The monoisotopic (exact) mass is 351 g/mol. The van der Waals surface area contributed by atoms with E-state index < -0.39 is 10.0 Å². The first kappa shape index (κ1) is 16.1. The minimum Gasteiger partial charge on any atom is -0.367 e. The quantitative estimate of drug-likeness (QED) is 0.872. The van der Waals surface area contributed by atoms with Gasteiger partial charge in [-0.05, 0) is 32.1 Å².